The van der Waals surface area contributed by atoms with Gasteiger partial charge in [-0.25, -0.2) is 4.98 Å². The highest BCUT2D eigenvalue weighted by molar-refractivity contribution is 7.16. The summed E-state index contributed by atoms with van der Waals surface area (Å²) in [6.45, 7) is 0. The number of benzene rings is 1. The van der Waals surface area contributed by atoms with Gasteiger partial charge in [0, 0.05) is 18.6 Å². The molecule has 4 nitrogen and oxygen atoms in total. The van der Waals surface area contributed by atoms with Gasteiger partial charge in [0.1, 0.15) is 0 Å². The molecule has 0 N–H and O–H groups in total. The third-order valence-corrected chi connectivity index (χ3v) is 3.42. The molecule has 84 valence electrons. The minimum atomic E-state index is 0.666. The summed E-state index contributed by atoms with van der Waals surface area (Å²) in [5, 5.41) is 0.666. The normalized spacial score (nSPS) is 10.6. The van der Waals surface area contributed by atoms with E-state index in [1.54, 1.807) is 25.7 Å². The maximum atomic E-state index is 5.08. The van der Waals surface area contributed by atoms with Gasteiger partial charge >= 0.3 is 0 Å². The predicted octanol–water partition coefficient (Wildman–Crippen LogP) is 2.76. The van der Waals surface area contributed by atoms with Crippen molar-refractivity contribution in [3.05, 3.63) is 36.8 Å². The van der Waals surface area contributed by atoms with Crippen LogP contribution in [0.3, 0.4) is 0 Å². The van der Waals surface area contributed by atoms with Crippen LogP contribution in [-0.2, 0) is 0 Å². The Kier molecular flexibility index (Phi) is 2.45. The van der Waals surface area contributed by atoms with Crippen molar-refractivity contribution in [3.8, 4) is 15.6 Å². The molecule has 0 aliphatic heterocycles. The molecule has 0 atom stereocenters. The number of thiazole rings is 1. The number of ether oxygens (including phenoxy) is 1. The molecule has 17 heavy (non-hydrogen) atoms. The SMILES string of the molecule is COc1ncc(-c2ccc3nccnc3c2)s1. The Balaban J connectivity index is 2.11. The molecule has 2 aromatic heterocycles. The number of nitrogens with zero attached hydrogens (tertiary/aromatic N) is 3. The molecule has 0 amide bonds. The van der Waals surface area contributed by atoms with Crippen molar-refractivity contribution in [3.63, 3.8) is 0 Å². The fourth-order valence-electron chi connectivity index (χ4n) is 1.60. The number of rotatable bonds is 2. The third kappa shape index (κ3) is 1.85. The summed E-state index contributed by atoms with van der Waals surface area (Å²) in [7, 11) is 1.62. The van der Waals surface area contributed by atoms with Crippen molar-refractivity contribution in [2.45, 2.75) is 0 Å². The lowest BCUT2D eigenvalue weighted by atomic mass is 10.2. The second kappa shape index (κ2) is 4.10. The first kappa shape index (κ1) is 10.2. The zero-order valence-electron chi connectivity index (χ0n) is 9.12. The Labute approximate surface area is 102 Å². The summed E-state index contributed by atoms with van der Waals surface area (Å²) in [6, 6.07) is 5.99. The van der Waals surface area contributed by atoms with Gasteiger partial charge in [0.15, 0.2) is 0 Å². The molecule has 0 saturated heterocycles. The molecule has 0 fully saturated rings. The van der Waals surface area contributed by atoms with Crippen LogP contribution >= 0.6 is 11.3 Å². The lowest BCUT2D eigenvalue weighted by Gasteiger charge is -1.99. The van der Waals surface area contributed by atoms with E-state index in [0.717, 1.165) is 21.5 Å². The molecule has 0 aliphatic rings. The Bertz CT molecular complexity index is 665. The van der Waals surface area contributed by atoms with Crippen LogP contribution in [0.2, 0.25) is 0 Å². The molecule has 0 radical (unpaired) electrons. The van der Waals surface area contributed by atoms with Crippen LogP contribution in [0.25, 0.3) is 21.5 Å². The minimum absolute atomic E-state index is 0.666. The first-order valence-electron chi connectivity index (χ1n) is 5.08. The van der Waals surface area contributed by atoms with E-state index in [0.29, 0.717) is 5.19 Å². The number of fused-ring (bicyclic) bond motifs is 1. The first-order valence-corrected chi connectivity index (χ1v) is 5.89. The largest absolute Gasteiger partial charge is 0.473 e. The molecule has 0 aliphatic carbocycles. The Morgan fingerprint density at radius 1 is 1.06 bits per heavy atom. The average molecular weight is 243 g/mol. The summed E-state index contributed by atoms with van der Waals surface area (Å²) >= 11 is 1.51. The molecule has 0 unspecified atom stereocenters. The molecule has 3 aromatic rings. The van der Waals surface area contributed by atoms with E-state index in [2.05, 4.69) is 15.0 Å². The highest BCUT2D eigenvalue weighted by atomic mass is 32.1. The summed E-state index contributed by atoms with van der Waals surface area (Å²) < 4.78 is 5.08. The highest BCUT2D eigenvalue weighted by Crippen LogP contribution is 2.31. The van der Waals surface area contributed by atoms with Gasteiger partial charge in [0.05, 0.1) is 23.0 Å². The van der Waals surface area contributed by atoms with E-state index < -0.39 is 0 Å². The number of aromatic nitrogens is 3. The summed E-state index contributed by atoms with van der Waals surface area (Å²) in [5.74, 6) is 0. The van der Waals surface area contributed by atoms with E-state index in [1.165, 1.54) is 11.3 Å². The van der Waals surface area contributed by atoms with Crippen molar-refractivity contribution in [1.82, 2.24) is 15.0 Å². The van der Waals surface area contributed by atoms with Gasteiger partial charge in [0.2, 0.25) is 0 Å². The van der Waals surface area contributed by atoms with Crippen LogP contribution in [0, 0.1) is 0 Å². The summed E-state index contributed by atoms with van der Waals surface area (Å²) in [6.07, 6.45) is 5.19. The van der Waals surface area contributed by atoms with Gasteiger partial charge < -0.3 is 4.74 Å². The van der Waals surface area contributed by atoms with Crippen LogP contribution < -0.4 is 4.74 Å². The maximum absolute atomic E-state index is 5.08. The van der Waals surface area contributed by atoms with Crippen LogP contribution in [0.5, 0.6) is 5.19 Å². The zero-order chi connectivity index (χ0) is 11.7. The van der Waals surface area contributed by atoms with Gasteiger partial charge in [-0.2, -0.15) is 0 Å². The van der Waals surface area contributed by atoms with E-state index in [-0.39, 0.29) is 0 Å². The maximum Gasteiger partial charge on any atom is 0.273 e. The fourth-order valence-corrected chi connectivity index (χ4v) is 2.33. The topological polar surface area (TPSA) is 47.9 Å². The van der Waals surface area contributed by atoms with Crippen molar-refractivity contribution >= 4 is 22.4 Å². The average Bonchev–Trinajstić information content (AvgIpc) is 2.87. The Morgan fingerprint density at radius 2 is 1.88 bits per heavy atom. The second-order valence-corrected chi connectivity index (χ2v) is 4.45. The molecule has 1 aromatic carbocycles. The second-order valence-electron chi connectivity index (χ2n) is 3.45. The van der Waals surface area contributed by atoms with Gasteiger partial charge in [-0.1, -0.05) is 17.4 Å². The zero-order valence-corrected chi connectivity index (χ0v) is 9.94. The molecule has 3 rings (SSSR count). The van der Waals surface area contributed by atoms with Crippen LogP contribution in [0.4, 0.5) is 0 Å². The standard InChI is InChI=1S/C12H9N3OS/c1-16-12-15-7-11(17-12)8-2-3-9-10(6-8)14-5-4-13-9/h2-7H,1H3. The molecule has 0 saturated carbocycles. The van der Waals surface area contributed by atoms with E-state index in [4.69, 9.17) is 4.74 Å². The first-order chi connectivity index (χ1) is 8.36. The number of hydrogen-bond donors (Lipinski definition) is 0. The van der Waals surface area contributed by atoms with Gasteiger partial charge in [0.25, 0.3) is 5.19 Å². The molecule has 0 spiro atoms. The van der Waals surface area contributed by atoms with E-state index in [9.17, 15) is 0 Å². The quantitative estimate of drug-likeness (QED) is 0.694. The monoisotopic (exact) mass is 243 g/mol. The smallest absolute Gasteiger partial charge is 0.273 e. The third-order valence-electron chi connectivity index (χ3n) is 2.41. The van der Waals surface area contributed by atoms with Crippen LogP contribution in [-0.4, -0.2) is 22.1 Å². The van der Waals surface area contributed by atoms with Crippen molar-refractivity contribution in [1.29, 1.82) is 0 Å². The minimum Gasteiger partial charge on any atom is -0.473 e. The van der Waals surface area contributed by atoms with Gasteiger partial charge in [-0.05, 0) is 17.7 Å². The molecule has 2 heterocycles. The van der Waals surface area contributed by atoms with Crippen molar-refractivity contribution < 1.29 is 4.74 Å². The molecular formula is C12H9N3OS. The Morgan fingerprint density at radius 3 is 2.65 bits per heavy atom. The summed E-state index contributed by atoms with van der Waals surface area (Å²) in [4.78, 5) is 13.7. The van der Waals surface area contributed by atoms with Gasteiger partial charge in [-0.15, -0.1) is 0 Å². The lowest BCUT2D eigenvalue weighted by molar-refractivity contribution is 0.412. The predicted molar refractivity (Wildman–Crippen MR) is 67.2 cm³/mol. The molecule has 5 heteroatoms. The van der Waals surface area contributed by atoms with Crippen molar-refractivity contribution in [2.75, 3.05) is 7.11 Å². The fraction of sp³-hybridized carbons (Fsp3) is 0.0833. The van der Waals surface area contributed by atoms with E-state index >= 15 is 0 Å². The molecular weight excluding hydrogens is 234 g/mol. The molecule has 0 bridgehead atoms. The van der Waals surface area contributed by atoms with Gasteiger partial charge in [-0.3, -0.25) is 9.97 Å². The summed E-state index contributed by atoms with van der Waals surface area (Å²) in [5.41, 5.74) is 2.86. The van der Waals surface area contributed by atoms with E-state index in [1.807, 2.05) is 18.2 Å². The highest BCUT2D eigenvalue weighted by Gasteiger charge is 2.05. The lowest BCUT2D eigenvalue weighted by Crippen LogP contribution is -1.82. The van der Waals surface area contributed by atoms with Crippen LogP contribution in [0.1, 0.15) is 0 Å². The number of methoxy groups -OCH3 is 1. The Hall–Kier alpha value is -2.01. The number of hydrogen-bond acceptors (Lipinski definition) is 5. The van der Waals surface area contributed by atoms with Crippen molar-refractivity contribution in [2.24, 2.45) is 0 Å². The van der Waals surface area contributed by atoms with Crippen LogP contribution in [0.15, 0.2) is 36.8 Å².